The summed E-state index contributed by atoms with van der Waals surface area (Å²) in [4.78, 5) is 0. The largest absolute Gasteiger partial charge is 0.491 e. The van der Waals surface area contributed by atoms with Crippen molar-refractivity contribution in [1.82, 2.24) is 0 Å². The molecule has 2 aromatic rings. The van der Waals surface area contributed by atoms with Gasteiger partial charge in [0.05, 0.1) is 13.1 Å². The molecular weight excluding hydrogens is 358 g/mol. The van der Waals surface area contributed by atoms with Gasteiger partial charge in [-0.2, -0.15) is 0 Å². The quantitative estimate of drug-likeness (QED) is 0.601. The van der Waals surface area contributed by atoms with Crippen molar-refractivity contribution in [2.45, 2.75) is 65.0 Å². The van der Waals surface area contributed by atoms with Crippen LogP contribution >= 0.6 is 0 Å². The molecule has 158 valence electrons. The van der Waals surface area contributed by atoms with Crippen LogP contribution < -0.4 is 4.74 Å². The predicted octanol–water partition coefficient (Wildman–Crippen LogP) is 5.45. The Labute approximate surface area is 176 Å². The molecule has 29 heavy (non-hydrogen) atoms. The van der Waals surface area contributed by atoms with Crippen molar-refractivity contribution in [1.29, 1.82) is 0 Å². The lowest BCUT2D eigenvalue weighted by atomic mass is 9.98. The third-order valence-electron chi connectivity index (χ3n) is 6.28. The summed E-state index contributed by atoms with van der Waals surface area (Å²) in [6, 6.07) is 17.0. The van der Waals surface area contributed by atoms with Crippen LogP contribution in [-0.2, 0) is 6.54 Å². The van der Waals surface area contributed by atoms with Gasteiger partial charge in [0.2, 0.25) is 0 Å². The highest BCUT2D eigenvalue weighted by molar-refractivity contribution is 5.36. The Bertz CT molecular complexity index is 749. The first-order valence-corrected chi connectivity index (χ1v) is 11.3. The Morgan fingerprint density at radius 3 is 2.28 bits per heavy atom. The van der Waals surface area contributed by atoms with Gasteiger partial charge in [0.1, 0.15) is 31.5 Å². The van der Waals surface area contributed by atoms with Gasteiger partial charge in [-0.05, 0) is 61.8 Å². The van der Waals surface area contributed by atoms with Crippen molar-refractivity contribution < 1.29 is 14.3 Å². The van der Waals surface area contributed by atoms with Gasteiger partial charge >= 0.3 is 0 Å². The maximum atomic E-state index is 10.9. The summed E-state index contributed by atoms with van der Waals surface area (Å²) in [5, 5.41) is 10.9. The Morgan fingerprint density at radius 1 is 0.966 bits per heavy atom. The fourth-order valence-corrected chi connectivity index (χ4v) is 4.81. The first-order chi connectivity index (χ1) is 14.0. The van der Waals surface area contributed by atoms with Crippen LogP contribution in [0.2, 0.25) is 0 Å². The number of benzene rings is 2. The molecule has 1 saturated heterocycles. The van der Waals surface area contributed by atoms with Crippen LogP contribution in [0.25, 0.3) is 0 Å². The molecular formula is C26H38NO2+. The van der Waals surface area contributed by atoms with E-state index in [0.29, 0.717) is 12.5 Å². The van der Waals surface area contributed by atoms with Crippen molar-refractivity contribution in [3.8, 4) is 5.75 Å². The molecule has 0 saturated carbocycles. The normalized spacial score (nSPS) is 17.7. The van der Waals surface area contributed by atoms with Crippen molar-refractivity contribution in [2.24, 2.45) is 0 Å². The monoisotopic (exact) mass is 396 g/mol. The van der Waals surface area contributed by atoms with Crippen LogP contribution in [0.5, 0.6) is 5.75 Å². The molecule has 3 nitrogen and oxygen atoms in total. The fourth-order valence-electron chi connectivity index (χ4n) is 4.81. The van der Waals surface area contributed by atoms with E-state index >= 15 is 0 Å². The summed E-state index contributed by atoms with van der Waals surface area (Å²) in [7, 11) is 0. The summed E-state index contributed by atoms with van der Waals surface area (Å²) >= 11 is 0. The highest BCUT2D eigenvalue weighted by Crippen LogP contribution is 2.25. The molecule has 1 heterocycles. The summed E-state index contributed by atoms with van der Waals surface area (Å²) in [5.41, 5.74) is 3.98. The molecule has 1 aliphatic heterocycles. The minimum atomic E-state index is -0.457. The SMILES string of the molecule is Cc1cc(OCC(O)C[N+]2(Cc3ccccc3)CCCCCC2)ccc1C(C)C. The van der Waals surface area contributed by atoms with Crippen molar-refractivity contribution in [3.05, 3.63) is 65.2 Å². The number of nitrogens with zero attached hydrogens (tertiary/aromatic N) is 1. The number of ether oxygens (including phenoxy) is 1. The second-order valence-electron chi connectivity index (χ2n) is 9.17. The summed E-state index contributed by atoms with van der Waals surface area (Å²) < 4.78 is 6.96. The van der Waals surface area contributed by atoms with Crippen LogP contribution in [0.15, 0.2) is 48.5 Å². The zero-order chi connectivity index (χ0) is 20.7. The highest BCUT2D eigenvalue weighted by atomic mass is 16.5. The minimum absolute atomic E-state index is 0.356. The second-order valence-corrected chi connectivity index (χ2v) is 9.17. The van der Waals surface area contributed by atoms with E-state index in [1.807, 2.05) is 6.07 Å². The van der Waals surface area contributed by atoms with Crippen molar-refractivity contribution in [2.75, 3.05) is 26.2 Å². The Hall–Kier alpha value is -1.84. The first kappa shape index (κ1) is 21.9. The first-order valence-electron chi connectivity index (χ1n) is 11.3. The van der Waals surface area contributed by atoms with Crippen LogP contribution in [0.4, 0.5) is 0 Å². The van der Waals surface area contributed by atoms with Gasteiger partial charge < -0.3 is 14.3 Å². The maximum absolute atomic E-state index is 10.9. The summed E-state index contributed by atoms with van der Waals surface area (Å²) in [6.07, 6.45) is 4.65. The Morgan fingerprint density at radius 2 is 1.66 bits per heavy atom. The molecule has 0 bridgehead atoms. The average Bonchev–Trinajstić information content (AvgIpc) is 2.92. The number of quaternary nitrogens is 1. The van der Waals surface area contributed by atoms with Crippen molar-refractivity contribution >= 4 is 0 Å². The molecule has 0 spiro atoms. The van der Waals surface area contributed by atoms with Crippen LogP contribution in [0.3, 0.4) is 0 Å². The number of hydrogen-bond acceptors (Lipinski definition) is 2. The third kappa shape index (κ3) is 6.32. The van der Waals surface area contributed by atoms with Gasteiger partial charge in [-0.1, -0.05) is 50.2 Å². The molecule has 1 N–H and O–H groups in total. The lowest BCUT2D eigenvalue weighted by Gasteiger charge is -2.39. The molecule has 2 aromatic carbocycles. The minimum Gasteiger partial charge on any atom is -0.491 e. The van der Waals surface area contributed by atoms with Gasteiger partial charge in [0.15, 0.2) is 0 Å². The van der Waals surface area contributed by atoms with E-state index in [2.05, 4.69) is 63.2 Å². The van der Waals surface area contributed by atoms with Gasteiger partial charge in [-0.15, -0.1) is 0 Å². The molecule has 1 fully saturated rings. The van der Waals surface area contributed by atoms with Crippen LogP contribution in [0.1, 0.15) is 62.1 Å². The van der Waals surface area contributed by atoms with E-state index in [1.54, 1.807) is 0 Å². The molecule has 0 aliphatic carbocycles. The number of aryl methyl sites for hydroxylation is 1. The summed E-state index contributed by atoms with van der Waals surface area (Å²) in [5.74, 6) is 1.37. The van der Waals surface area contributed by atoms with E-state index in [9.17, 15) is 5.11 Å². The zero-order valence-corrected chi connectivity index (χ0v) is 18.4. The number of aliphatic hydroxyl groups excluding tert-OH is 1. The molecule has 0 radical (unpaired) electrons. The Balaban J connectivity index is 1.63. The Kier molecular flexibility index (Phi) is 7.74. The zero-order valence-electron chi connectivity index (χ0n) is 18.4. The van der Waals surface area contributed by atoms with Crippen LogP contribution in [0, 0.1) is 6.92 Å². The maximum Gasteiger partial charge on any atom is 0.137 e. The number of hydrogen-bond donors (Lipinski definition) is 1. The van der Waals surface area contributed by atoms with E-state index in [-0.39, 0.29) is 0 Å². The lowest BCUT2D eigenvalue weighted by molar-refractivity contribution is -0.942. The fraction of sp³-hybridized carbons (Fsp3) is 0.538. The highest BCUT2D eigenvalue weighted by Gasteiger charge is 2.32. The van der Waals surface area contributed by atoms with E-state index in [0.717, 1.165) is 36.4 Å². The second kappa shape index (κ2) is 10.3. The molecule has 1 unspecified atom stereocenters. The number of rotatable bonds is 8. The topological polar surface area (TPSA) is 29.5 Å². The van der Waals surface area contributed by atoms with Gasteiger partial charge in [-0.3, -0.25) is 0 Å². The average molecular weight is 397 g/mol. The van der Waals surface area contributed by atoms with Gasteiger partial charge in [-0.25, -0.2) is 0 Å². The molecule has 0 aromatic heterocycles. The van der Waals surface area contributed by atoms with Gasteiger partial charge in [0.25, 0.3) is 0 Å². The molecule has 1 aliphatic rings. The standard InChI is InChI=1S/C26H38NO2/c1-21(2)26-14-13-25(17-22(26)3)29-20-24(28)19-27(15-9-4-5-10-16-27)18-23-11-7-6-8-12-23/h6-8,11-14,17,21,24,28H,4-5,9-10,15-16,18-20H2,1-3H3/q+1. The molecule has 0 amide bonds. The van der Waals surface area contributed by atoms with E-state index in [1.165, 1.54) is 42.4 Å². The van der Waals surface area contributed by atoms with Crippen molar-refractivity contribution in [3.63, 3.8) is 0 Å². The van der Waals surface area contributed by atoms with Crippen LogP contribution in [-0.4, -0.2) is 41.9 Å². The summed E-state index contributed by atoms with van der Waals surface area (Å²) in [6.45, 7) is 11.0. The molecule has 3 heteroatoms. The number of aliphatic hydroxyl groups is 1. The molecule has 3 rings (SSSR count). The number of likely N-dealkylation sites (tertiary alicyclic amines) is 1. The van der Waals surface area contributed by atoms with E-state index < -0.39 is 6.10 Å². The predicted molar refractivity (Wildman–Crippen MR) is 120 cm³/mol. The smallest absolute Gasteiger partial charge is 0.137 e. The lowest BCUT2D eigenvalue weighted by Crippen LogP contribution is -2.53. The van der Waals surface area contributed by atoms with Gasteiger partial charge in [0, 0.05) is 5.56 Å². The van der Waals surface area contributed by atoms with E-state index in [4.69, 9.17) is 4.74 Å². The molecule has 1 atom stereocenters. The third-order valence-corrected chi connectivity index (χ3v) is 6.28.